The maximum absolute atomic E-state index is 11.2. The summed E-state index contributed by atoms with van der Waals surface area (Å²) in [5, 5.41) is 2.80. The minimum absolute atomic E-state index is 0.0471. The Labute approximate surface area is 164 Å². The average Bonchev–Trinajstić information content (AvgIpc) is 2.58. The lowest BCUT2D eigenvalue weighted by atomic mass is 9.92. The molecular weight excluding hydrogens is 390 g/mol. The molecule has 0 heterocycles. The third kappa shape index (κ3) is 6.90. The van der Waals surface area contributed by atoms with Crippen LogP contribution in [-0.4, -0.2) is 23.9 Å². The number of benzene rings is 2. The maximum atomic E-state index is 11.2. The predicted octanol–water partition coefficient (Wildman–Crippen LogP) is 4.39. The molecule has 140 valence electrons. The summed E-state index contributed by atoms with van der Waals surface area (Å²) in [6, 6.07) is 16.5. The van der Waals surface area contributed by atoms with Crippen LogP contribution in [0.15, 0.2) is 53.0 Å². The van der Waals surface area contributed by atoms with Crippen molar-refractivity contribution in [3.63, 3.8) is 0 Å². The summed E-state index contributed by atoms with van der Waals surface area (Å²) in [7, 11) is 0. The van der Waals surface area contributed by atoms with Crippen LogP contribution in [0.3, 0.4) is 0 Å². The van der Waals surface area contributed by atoms with Crippen LogP contribution in [0.4, 0.5) is 5.69 Å². The Bertz CT molecular complexity index is 711. The Balaban J connectivity index is 2.12. The third-order valence-corrected chi connectivity index (χ3v) is 4.73. The smallest absolute Gasteiger partial charge is 0.221 e. The van der Waals surface area contributed by atoms with Crippen LogP contribution in [0, 0.1) is 5.41 Å². The van der Waals surface area contributed by atoms with E-state index < -0.39 is 0 Å². The number of nitrogens with two attached hydrogens (primary N) is 1. The zero-order valence-electron chi connectivity index (χ0n) is 15.8. The van der Waals surface area contributed by atoms with E-state index in [1.54, 1.807) is 0 Å². The molecule has 0 unspecified atom stereocenters. The van der Waals surface area contributed by atoms with E-state index in [1.807, 2.05) is 12.1 Å². The number of carbonyl (C=O) groups excluding carboxylic acids is 1. The number of hydrogen-bond acceptors (Lipinski definition) is 3. The highest BCUT2D eigenvalue weighted by Gasteiger charge is 2.20. The largest absolute Gasteiger partial charge is 0.330 e. The highest BCUT2D eigenvalue weighted by Crippen LogP contribution is 2.21. The summed E-state index contributed by atoms with van der Waals surface area (Å²) in [5.74, 6) is -0.0562. The van der Waals surface area contributed by atoms with E-state index in [4.69, 9.17) is 5.73 Å². The van der Waals surface area contributed by atoms with Crippen molar-refractivity contribution in [2.24, 2.45) is 11.1 Å². The topological polar surface area (TPSA) is 58.4 Å². The molecular formula is C21H28BrN3O. The summed E-state index contributed by atoms with van der Waals surface area (Å²) < 4.78 is 1.09. The second kappa shape index (κ2) is 9.31. The van der Waals surface area contributed by atoms with Crippen LogP contribution in [0.25, 0.3) is 0 Å². The molecule has 0 saturated heterocycles. The molecule has 0 fully saturated rings. The van der Waals surface area contributed by atoms with Crippen molar-refractivity contribution in [1.29, 1.82) is 0 Å². The Morgan fingerprint density at radius 3 is 2.00 bits per heavy atom. The van der Waals surface area contributed by atoms with Gasteiger partial charge in [0.1, 0.15) is 0 Å². The molecule has 2 aromatic rings. The quantitative estimate of drug-likeness (QED) is 0.669. The Kier molecular flexibility index (Phi) is 7.38. The first kappa shape index (κ1) is 20.6. The van der Waals surface area contributed by atoms with E-state index in [-0.39, 0.29) is 11.3 Å². The van der Waals surface area contributed by atoms with E-state index in [1.165, 1.54) is 18.1 Å². The molecule has 26 heavy (non-hydrogen) atoms. The first-order valence-electron chi connectivity index (χ1n) is 8.81. The summed E-state index contributed by atoms with van der Waals surface area (Å²) in [5.41, 5.74) is 9.31. The lowest BCUT2D eigenvalue weighted by molar-refractivity contribution is -0.114. The van der Waals surface area contributed by atoms with Gasteiger partial charge in [-0.15, -0.1) is 0 Å². The molecule has 0 atom stereocenters. The fourth-order valence-electron chi connectivity index (χ4n) is 2.84. The van der Waals surface area contributed by atoms with Gasteiger partial charge in [0.05, 0.1) is 0 Å². The first-order chi connectivity index (χ1) is 12.3. The number of hydrogen-bond donors (Lipinski definition) is 2. The molecule has 0 aliphatic carbocycles. The van der Waals surface area contributed by atoms with Gasteiger partial charge < -0.3 is 11.1 Å². The monoisotopic (exact) mass is 417 g/mol. The van der Waals surface area contributed by atoms with Crippen molar-refractivity contribution in [3.05, 3.63) is 64.1 Å². The second-order valence-electron chi connectivity index (χ2n) is 7.52. The van der Waals surface area contributed by atoms with Crippen molar-refractivity contribution >= 4 is 27.5 Å². The maximum Gasteiger partial charge on any atom is 0.221 e. The summed E-state index contributed by atoms with van der Waals surface area (Å²) in [6.45, 7) is 9.16. The molecule has 0 spiro atoms. The highest BCUT2D eigenvalue weighted by atomic mass is 79.9. The van der Waals surface area contributed by atoms with Gasteiger partial charge in [-0.25, -0.2) is 0 Å². The molecule has 5 heteroatoms. The standard InChI is InChI=1S/C21H28BrN3O/c1-16(26)24-20-10-6-18(7-11-20)13-25(15-21(2,3)14-23)12-17-4-8-19(22)9-5-17/h4-11H,12-15,23H2,1-3H3,(H,24,26). The molecule has 1 amide bonds. The van der Waals surface area contributed by atoms with E-state index in [9.17, 15) is 4.79 Å². The third-order valence-electron chi connectivity index (χ3n) is 4.20. The number of rotatable bonds is 8. The van der Waals surface area contributed by atoms with Gasteiger partial charge in [-0.1, -0.05) is 54.0 Å². The van der Waals surface area contributed by atoms with Gasteiger partial charge in [0, 0.05) is 36.7 Å². The molecule has 0 bridgehead atoms. The van der Waals surface area contributed by atoms with E-state index in [0.717, 1.165) is 29.8 Å². The number of amides is 1. The van der Waals surface area contributed by atoms with Crippen LogP contribution in [0.5, 0.6) is 0 Å². The van der Waals surface area contributed by atoms with Crippen LogP contribution < -0.4 is 11.1 Å². The molecule has 0 radical (unpaired) electrons. The Morgan fingerprint density at radius 1 is 1.04 bits per heavy atom. The van der Waals surface area contributed by atoms with Crippen molar-refractivity contribution < 1.29 is 4.79 Å². The van der Waals surface area contributed by atoms with Gasteiger partial charge in [-0.2, -0.15) is 0 Å². The highest BCUT2D eigenvalue weighted by molar-refractivity contribution is 9.10. The zero-order chi connectivity index (χ0) is 19.2. The molecule has 2 aromatic carbocycles. The number of carbonyl (C=O) groups is 1. The summed E-state index contributed by atoms with van der Waals surface area (Å²) >= 11 is 3.49. The number of anilines is 1. The van der Waals surface area contributed by atoms with Gasteiger partial charge in [0.15, 0.2) is 0 Å². The van der Waals surface area contributed by atoms with Crippen LogP contribution in [0.1, 0.15) is 31.9 Å². The van der Waals surface area contributed by atoms with Gasteiger partial charge >= 0.3 is 0 Å². The molecule has 0 saturated carbocycles. The van der Waals surface area contributed by atoms with Gasteiger partial charge in [-0.3, -0.25) is 9.69 Å². The zero-order valence-corrected chi connectivity index (χ0v) is 17.3. The van der Waals surface area contributed by atoms with Crippen molar-refractivity contribution in [1.82, 2.24) is 4.90 Å². The molecule has 0 aliphatic heterocycles. The fraction of sp³-hybridized carbons (Fsp3) is 0.381. The number of halogens is 1. The number of nitrogens with one attached hydrogen (secondary N) is 1. The lowest BCUT2D eigenvalue weighted by Gasteiger charge is -2.32. The molecule has 2 rings (SSSR count). The first-order valence-corrected chi connectivity index (χ1v) is 9.60. The SMILES string of the molecule is CC(=O)Nc1ccc(CN(Cc2ccc(Br)cc2)CC(C)(C)CN)cc1. The van der Waals surface area contributed by atoms with Gasteiger partial charge in [0.2, 0.25) is 5.91 Å². The summed E-state index contributed by atoms with van der Waals surface area (Å²) in [6.07, 6.45) is 0. The fourth-order valence-corrected chi connectivity index (χ4v) is 3.10. The molecule has 0 aliphatic rings. The lowest BCUT2D eigenvalue weighted by Crippen LogP contribution is -2.38. The van der Waals surface area contributed by atoms with Crippen LogP contribution in [-0.2, 0) is 17.9 Å². The number of nitrogens with zero attached hydrogens (tertiary/aromatic N) is 1. The normalized spacial score (nSPS) is 11.6. The second-order valence-corrected chi connectivity index (χ2v) is 8.43. The van der Waals surface area contributed by atoms with E-state index >= 15 is 0 Å². The Hall–Kier alpha value is -1.69. The Morgan fingerprint density at radius 2 is 1.54 bits per heavy atom. The molecule has 0 aromatic heterocycles. The molecule has 4 nitrogen and oxygen atoms in total. The minimum atomic E-state index is -0.0562. The van der Waals surface area contributed by atoms with Crippen molar-refractivity contribution in [3.8, 4) is 0 Å². The van der Waals surface area contributed by atoms with Crippen LogP contribution in [0.2, 0.25) is 0 Å². The van der Waals surface area contributed by atoms with Gasteiger partial charge in [0.25, 0.3) is 0 Å². The minimum Gasteiger partial charge on any atom is -0.330 e. The van der Waals surface area contributed by atoms with Gasteiger partial charge in [-0.05, 0) is 47.4 Å². The van der Waals surface area contributed by atoms with E-state index in [0.29, 0.717) is 6.54 Å². The van der Waals surface area contributed by atoms with Crippen molar-refractivity contribution in [2.75, 3.05) is 18.4 Å². The van der Waals surface area contributed by atoms with Crippen molar-refractivity contribution in [2.45, 2.75) is 33.9 Å². The molecule has 3 N–H and O–H groups in total. The predicted molar refractivity (Wildman–Crippen MR) is 112 cm³/mol. The van der Waals surface area contributed by atoms with Crippen LogP contribution >= 0.6 is 15.9 Å². The van der Waals surface area contributed by atoms with E-state index in [2.05, 4.69) is 76.4 Å². The average molecular weight is 418 g/mol. The summed E-state index contributed by atoms with van der Waals surface area (Å²) in [4.78, 5) is 13.6.